The number of carbonyl (C=O) groups is 2. The summed E-state index contributed by atoms with van der Waals surface area (Å²) in [5.74, 6) is -0.0403. The molecule has 3 aromatic rings. The van der Waals surface area contributed by atoms with E-state index in [1.165, 1.54) is 4.90 Å². The second-order valence-corrected chi connectivity index (χ2v) is 9.56. The quantitative estimate of drug-likeness (QED) is 0.397. The molecule has 0 saturated heterocycles. The fraction of sp³-hybridized carbons (Fsp3) is 0.320. The molecule has 0 aliphatic rings. The van der Waals surface area contributed by atoms with Crippen molar-refractivity contribution in [3.8, 4) is 5.69 Å². The van der Waals surface area contributed by atoms with Crippen LogP contribution >= 0.6 is 11.6 Å². The van der Waals surface area contributed by atoms with Crippen molar-refractivity contribution in [3.63, 3.8) is 0 Å². The van der Waals surface area contributed by atoms with Gasteiger partial charge in [0.2, 0.25) is 5.91 Å². The third-order valence-electron chi connectivity index (χ3n) is 5.28. The fourth-order valence-corrected chi connectivity index (χ4v) is 3.37. The predicted molar refractivity (Wildman–Crippen MR) is 134 cm³/mol. The van der Waals surface area contributed by atoms with Gasteiger partial charge in [-0.25, -0.2) is 9.48 Å². The van der Waals surface area contributed by atoms with Crippen LogP contribution in [0.25, 0.3) is 5.69 Å². The molecule has 2 aromatic carbocycles. The van der Waals surface area contributed by atoms with Gasteiger partial charge in [0, 0.05) is 28.7 Å². The molecule has 1 heterocycles. The maximum atomic E-state index is 12.9. The lowest BCUT2D eigenvalue weighted by Gasteiger charge is -2.21. The lowest BCUT2D eigenvalue weighted by atomic mass is 9.92. The van der Waals surface area contributed by atoms with Crippen LogP contribution in [0.5, 0.6) is 0 Å². The molecule has 0 atom stereocenters. The Morgan fingerprint density at radius 3 is 2.14 bits per heavy atom. The number of hydrogen-bond acceptors (Lipinski definition) is 3. The summed E-state index contributed by atoms with van der Waals surface area (Å²) in [4.78, 5) is 26.8. The van der Waals surface area contributed by atoms with E-state index in [-0.39, 0.29) is 24.2 Å². The Morgan fingerprint density at radius 1 is 1.00 bits per heavy atom. The molecule has 2 N–H and O–H groups in total. The van der Waals surface area contributed by atoms with E-state index in [4.69, 9.17) is 11.6 Å². The molecule has 7 nitrogen and oxygen atoms in total. The van der Waals surface area contributed by atoms with E-state index in [2.05, 4.69) is 15.7 Å². The van der Waals surface area contributed by atoms with Gasteiger partial charge in [0.15, 0.2) is 0 Å². The topological polar surface area (TPSA) is 79.3 Å². The molecule has 36 heavy (non-hydrogen) atoms. The number of aromatic nitrogens is 2. The molecule has 0 saturated carbocycles. The summed E-state index contributed by atoms with van der Waals surface area (Å²) in [5, 5.41) is 10.5. The molecule has 0 spiro atoms. The Bertz CT molecular complexity index is 1220. The minimum Gasteiger partial charge on any atom is -0.315 e. The first-order valence-corrected chi connectivity index (χ1v) is 11.5. The number of nitrogens with zero attached hydrogens (tertiary/aromatic N) is 3. The number of carbonyl (C=O) groups excluding carboxylic acids is 2. The summed E-state index contributed by atoms with van der Waals surface area (Å²) in [6.07, 6.45) is -4.47. The number of benzene rings is 2. The van der Waals surface area contributed by atoms with Gasteiger partial charge in [-0.3, -0.25) is 4.79 Å². The monoisotopic (exact) mass is 521 g/mol. The van der Waals surface area contributed by atoms with Crippen molar-refractivity contribution in [2.45, 2.75) is 39.3 Å². The van der Waals surface area contributed by atoms with Crippen LogP contribution in [0.15, 0.2) is 54.6 Å². The average Bonchev–Trinajstić information content (AvgIpc) is 3.22. The standard InChI is InChI=1S/C25H27ClF3N5O2/c1-5-33(23(36)30-18-10-6-16(7-11-18)25(27,28)29)15-22(35)31-21-14-20(24(2,3)4)32-34(21)19-12-8-17(26)9-13-19/h6-14H,5,15H2,1-4H3,(H,30,36)(H,31,35). The van der Waals surface area contributed by atoms with Crippen LogP contribution in [0, 0.1) is 0 Å². The van der Waals surface area contributed by atoms with E-state index in [1.54, 1.807) is 41.9 Å². The van der Waals surface area contributed by atoms with Crippen LogP contribution in [0.4, 0.5) is 29.5 Å². The van der Waals surface area contributed by atoms with Crippen LogP contribution in [0.2, 0.25) is 5.02 Å². The van der Waals surface area contributed by atoms with Crippen molar-refractivity contribution in [2.24, 2.45) is 0 Å². The molecule has 0 unspecified atom stereocenters. The first-order valence-electron chi connectivity index (χ1n) is 11.2. The zero-order chi connectivity index (χ0) is 26.7. The Morgan fingerprint density at radius 2 is 1.61 bits per heavy atom. The van der Waals surface area contributed by atoms with E-state index < -0.39 is 23.7 Å². The van der Waals surface area contributed by atoms with Crippen LogP contribution in [0.1, 0.15) is 39.0 Å². The summed E-state index contributed by atoms with van der Waals surface area (Å²) in [6.45, 7) is 7.60. The molecular weight excluding hydrogens is 495 g/mol. The van der Waals surface area contributed by atoms with Gasteiger partial charge in [0.05, 0.1) is 16.9 Å². The second kappa shape index (κ2) is 10.6. The van der Waals surface area contributed by atoms with Crippen molar-refractivity contribution in [3.05, 3.63) is 70.9 Å². The van der Waals surface area contributed by atoms with E-state index in [9.17, 15) is 22.8 Å². The van der Waals surface area contributed by atoms with Gasteiger partial charge in [-0.1, -0.05) is 32.4 Å². The Balaban J connectivity index is 1.73. The SMILES string of the molecule is CCN(CC(=O)Nc1cc(C(C)(C)C)nn1-c1ccc(Cl)cc1)C(=O)Nc1ccc(C(F)(F)F)cc1. The maximum absolute atomic E-state index is 12.9. The van der Waals surface area contributed by atoms with Crippen molar-refractivity contribution < 1.29 is 22.8 Å². The molecule has 0 fully saturated rings. The summed E-state index contributed by atoms with van der Waals surface area (Å²) >= 11 is 6.00. The van der Waals surface area contributed by atoms with Crippen LogP contribution in [-0.2, 0) is 16.4 Å². The molecule has 192 valence electrons. The number of halogens is 4. The highest BCUT2D eigenvalue weighted by Crippen LogP contribution is 2.30. The predicted octanol–water partition coefficient (Wildman–Crippen LogP) is 6.33. The van der Waals surface area contributed by atoms with Gasteiger partial charge in [0.1, 0.15) is 12.4 Å². The first-order chi connectivity index (χ1) is 16.8. The van der Waals surface area contributed by atoms with Crippen molar-refractivity contribution >= 4 is 35.0 Å². The Labute approximate surface area is 212 Å². The molecule has 0 aliphatic carbocycles. The number of hydrogen-bond donors (Lipinski definition) is 2. The van der Waals surface area contributed by atoms with E-state index in [0.717, 1.165) is 30.0 Å². The third-order valence-corrected chi connectivity index (χ3v) is 5.54. The van der Waals surface area contributed by atoms with E-state index in [0.29, 0.717) is 16.5 Å². The number of rotatable bonds is 6. The van der Waals surface area contributed by atoms with Crippen LogP contribution in [-0.4, -0.2) is 39.7 Å². The zero-order valence-corrected chi connectivity index (χ0v) is 21.0. The molecule has 11 heteroatoms. The molecule has 1 aromatic heterocycles. The van der Waals surface area contributed by atoms with E-state index >= 15 is 0 Å². The number of alkyl halides is 3. The summed E-state index contributed by atoms with van der Waals surface area (Å²) < 4.78 is 39.9. The van der Waals surface area contributed by atoms with Gasteiger partial charge in [0.25, 0.3) is 0 Å². The summed E-state index contributed by atoms with van der Waals surface area (Å²) in [5.41, 5.74) is 0.521. The number of anilines is 2. The van der Waals surface area contributed by atoms with Gasteiger partial charge in [-0.15, -0.1) is 0 Å². The van der Waals surface area contributed by atoms with Gasteiger partial charge < -0.3 is 15.5 Å². The van der Waals surface area contributed by atoms with Crippen LogP contribution in [0.3, 0.4) is 0 Å². The van der Waals surface area contributed by atoms with Gasteiger partial charge in [-0.2, -0.15) is 18.3 Å². The molecule has 3 amide bonds. The van der Waals surface area contributed by atoms with Gasteiger partial charge in [-0.05, 0) is 55.5 Å². The number of amides is 3. The lowest BCUT2D eigenvalue weighted by Crippen LogP contribution is -2.40. The van der Waals surface area contributed by atoms with Crippen LogP contribution < -0.4 is 10.6 Å². The van der Waals surface area contributed by atoms with Crippen molar-refractivity contribution in [1.29, 1.82) is 0 Å². The maximum Gasteiger partial charge on any atom is 0.416 e. The lowest BCUT2D eigenvalue weighted by molar-refractivity contribution is -0.137. The number of nitrogens with one attached hydrogen (secondary N) is 2. The van der Waals surface area contributed by atoms with Crippen molar-refractivity contribution in [2.75, 3.05) is 23.7 Å². The molecule has 3 rings (SSSR count). The highest BCUT2D eigenvalue weighted by molar-refractivity contribution is 6.30. The highest BCUT2D eigenvalue weighted by Gasteiger charge is 2.30. The van der Waals surface area contributed by atoms with E-state index in [1.807, 2.05) is 20.8 Å². The smallest absolute Gasteiger partial charge is 0.315 e. The molecular formula is C25H27ClF3N5O2. The Kier molecular flexibility index (Phi) is 7.98. The Hall–Kier alpha value is -3.53. The number of urea groups is 1. The summed E-state index contributed by atoms with van der Waals surface area (Å²) in [7, 11) is 0. The highest BCUT2D eigenvalue weighted by atomic mass is 35.5. The average molecular weight is 522 g/mol. The second-order valence-electron chi connectivity index (χ2n) is 9.12. The molecule has 0 aliphatic heterocycles. The number of likely N-dealkylation sites (N-methyl/N-ethyl adjacent to an activating group) is 1. The zero-order valence-electron chi connectivity index (χ0n) is 20.3. The minimum atomic E-state index is -4.47. The fourth-order valence-electron chi connectivity index (χ4n) is 3.24. The first kappa shape index (κ1) is 27.1. The third kappa shape index (κ3) is 6.78. The largest absolute Gasteiger partial charge is 0.416 e. The normalized spacial score (nSPS) is 11.8. The minimum absolute atomic E-state index is 0.183. The summed E-state index contributed by atoms with van der Waals surface area (Å²) in [6, 6.07) is 12.2. The van der Waals surface area contributed by atoms with Crippen molar-refractivity contribution in [1.82, 2.24) is 14.7 Å². The molecule has 0 bridgehead atoms. The van der Waals surface area contributed by atoms with Gasteiger partial charge >= 0.3 is 12.2 Å². The molecule has 0 radical (unpaired) electrons.